The van der Waals surface area contributed by atoms with Crippen LogP contribution in [0.3, 0.4) is 0 Å². The summed E-state index contributed by atoms with van der Waals surface area (Å²) in [6.07, 6.45) is 2.75. The maximum Gasteiger partial charge on any atom is 0.416 e. The van der Waals surface area contributed by atoms with Crippen molar-refractivity contribution in [3.05, 3.63) is 53.4 Å². The van der Waals surface area contributed by atoms with Gasteiger partial charge in [-0.25, -0.2) is 12.8 Å². The lowest BCUT2D eigenvalue weighted by Gasteiger charge is -2.27. The van der Waals surface area contributed by atoms with Gasteiger partial charge in [-0.3, -0.25) is 0 Å². The van der Waals surface area contributed by atoms with Gasteiger partial charge in [0, 0.05) is 0 Å². The first kappa shape index (κ1) is 25.4. The summed E-state index contributed by atoms with van der Waals surface area (Å²) in [7, 11) is -3.52. The fourth-order valence-corrected chi connectivity index (χ4v) is 4.95. The van der Waals surface area contributed by atoms with E-state index < -0.39 is 26.8 Å². The molecule has 1 aromatic carbocycles. The lowest BCUT2D eigenvalue weighted by Crippen LogP contribution is -2.27. The number of sulfone groups is 1. The summed E-state index contributed by atoms with van der Waals surface area (Å²) in [6, 6.07) is 3.82. The smallest absolute Gasteiger partial charge is 0.223 e. The van der Waals surface area contributed by atoms with E-state index in [-0.39, 0.29) is 10.7 Å². The van der Waals surface area contributed by atoms with Crippen LogP contribution in [0.4, 0.5) is 17.6 Å². The van der Waals surface area contributed by atoms with E-state index in [0.29, 0.717) is 18.8 Å². The third kappa shape index (κ3) is 8.33. The van der Waals surface area contributed by atoms with Crippen LogP contribution in [0.2, 0.25) is 0 Å². The molecule has 164 valence electrons. The molecule has 0 amide bonds. The maximum atomic E-state index is 12.5. The predicted octanol–water partition coefficient (Wildman–Crippen LogP) is 7.27. The van der Waals surface area contributed by atoms with Crippen molar-refractivity contribution in [3.8, 4) is 0 Å². The fourth-order valence-electron chi connectivity index (χ4n) is 3.16. The number of hydrogen-bond acceptors (Lipinski definition) is 2. The van der Waals surface area contributed by atoms with Gasteiger partial charge in [0.1, 0.15) is 0 Å². The highest BCUT2D eigenvalue weighted by Gasteiger charge is 2.33. The zero-order valence-electron chi connectivity index (χ0n) is 17.4. The highest BCUT2D eigenvalue weighted by atomic mass is 32.2. The molecule has 0 aromatic heterocycles. The summed E-state index contributed by atoms with van der Waals surface area (Å²) >= 11 is 0. The number of hydrogen-bond donors (Lipinski definition) is 0. The van der Waals surface area contributed by atoms with Gasteiger partial charge < -0.3 is 0 Å². The first-order valence-corrected chi connectivity index (χ1v) is 11.3. The normalized spacial score (nSPS) is 20.5. The van der Waals surface area contributed by atoms with Crippen LogP contribution >= 0.6 is 0 Å². The van der Waals surface area contributed by atoms with Crippen LogP contribution in [-0.2, 0) is 16.0 Å². The van der Waals surface area contributed by atoms with Crippen molar-refractivity contribution in [2.24, 2.45) is 5.92 Å². The summed E-state index contributed by atoms with van der Waals surface area (Å²) in [5, 5.41) is -0.461. The quantitative estimate of drug-likeness (QED) is 0.369. The van der Waals surface area contributed by atoms with Crippen LogP contribution in [-0.4, -0.2) is 13.7 Å². The Hall–Kier alpha value is -1.63. The Morgan fingerprint density at radius 3 is 1.86 bits per heavy atom. The summed E-state index contributed by atoms with van der Waals surface area (Å²) in [5.74, 6) is 0.426. The van der Waals surface area contributed by atoms with Crippen molar-refractivity contribution in [1.29, 1.82) is 0 Å². The Balaban J connectivity index is 0.000000447. The molecule has 1 aliphatic rings. The van der Waals surface area contributed by atoms with Gasteiger partial charge in [-0.2, -0.15) is 13.2 Å². The van der Waals surface area contributed by atoms with Gasteiger partial charge in [-0.15, -0.1) is 0 Å². The van der Waals surface area contributed by atoms with Crippen LogP contribution < -0.4 is 0 Å². The second kappa shape index (κ2) is 11.0. The molecular formula is C22H30F4O2S. The Morgan fingerprint density at radius 1 is 1.00 bits per heavy atom. The van der Waals surface area contributed by atoms with Gasteiger partial charge in [-0.05, 0) is 82.7 Å². The van der Waals surface area contributed by atoms with E-state index >= 15 is 0 Å². The van der Waals surface area contributed by atoms with Crippen LogP contribution in [0.5, 0.6) is 0 Å². The highest BCUT2D eigenvalue weighted by molar-refractivity contribution is 7.92. The average Bonchev–Trinajstić information content (AvgIpc) is 2.66. The maximum absolute atomic E-state index is 12.5. The van der Waals surface area contributed by atoms with E-state index in [0.717, 1.165) is 49.1 Å². The van der Waals surface area contributed by atoms with Crippen LogP contribution in [0.1, 0.15) is 65.4 Å². The molecule has 0 spiro atoms. The molecular weight excluding hydrogens is 404 g/mol. The second-order valence-corrected chi connectivity index (χ2v) is 9.84. The van der Waals surface area contributed by atoms with Crippen molar-refractivity contribution < 1.29 is 26.0 Å². The lowest BCUT2D eigenvalue weighted by molar-refractivity contribution is -0.137. The van der Waals surface area contributed by atoms with Crippen molar-refractivity contribution >= 4 is 9.84 Å². The lowest BCUT2D eigenvalue weighted by atomic mass is 9.87. The molecule has 0 bridgehead atoms. The van der Waals surface area contributed by atoms with Gasteiger partial charge in [0.05, 0.1) is 21.5 Å². The van der Waals surface area contributed by atoms with Crippen LogP contribution in [0.25, 0.3) is 0 Å². The monoisotopic (exact) mass is 434 g/mol. The molecule has 0 radical (unpaired) electrons. The molecule has 0 saturated heterocycles. The van der Waals surface area contributed by atoms with E-state index in [1.807, 2.05) is 13.8 Å². The van der Waals surface area contributed by atoms with E-state index in [2.05, 4.69) is 6.92 Å². The Labute approximate surface area is 171 Å². The number of halogens is 4. The number of benzene rings is 1. The first-order chi connectivity index (χ1) is 13.4. The molecule has 7 heteroatoms. The van der Waals surface area contributed by atoms with Crippen LogP contribution in [0.15, 0.2) is 52.7 Å². The third-order valence-corrected chi connectivity index (χ3v) is 7.24. The van der Waals surface area contributed by atoms with E-state index in [4.69, 9.17) is 0 Å². The first-order valence-electron chi connectivity index (χ1n) is 9.76. The topological polar surface area (TPSA) is 34.1 Å². The summed E-state index contributed by atoms with van der Waals surface area (Å²) in [5.41, 5.74) is 0.290. The van der Waals surface area contributed by atoms with Gasteiger partial charge in [0.25, 0.3) is 0 Å². The molecule has 0 unspecified atom stereocenters. The second-order valence-electron chi connectivity index (χ2n) is 7.62. The molecule has 2 nitrogen and oxygen atoms in total. The third-order valence-electron chi connectivity index (χ3n) is 4.97. The molecule has 2 rings (SSSR count). The molecule has 29 heavy (non-hydrogen) atoms. The zero-order chi connectivity index (χ0) is 22.2. The SMILES string of the molecule is CC(C)=C/C=C(\C)F.CCC1CCC(S(=O)(=O)c2ccc(C(F)(F)F)cc2)CC1. The Bertz CT molecular complexity index is 774. The van der Waals surface area contributed by atoms with Crippen molar-refractivity contribution in [1.82, 2.24) is 0 Å². The minimum Gasteiger partial charge on any atom is -0.223 e. The predicted molar refractivity (Wildman–Crippen MR) is 109 cm³/mol. The number of alkyl halides is 3. The minimum atomic E-state index is -4.44. The van der Waals surface area contributed by atoms with Gasteiger partial charge in [0.2, 0.25) is 0 Å². The Kier molecular flexibility index (Phi) is 9.59. The molecule has 1 aliphatic carbocycles. The van der Waals surface area contributed by atoms with Gasteiger partial charge in [-0.1, -0.05) is 25.0 Å². The summed E-state index contributed by atoms with van der Waals surface area (Å²) in [6.45, 7) is 7.38. The van der Waals surface area contributed by atoms with E-state index in [1.165, 1.54) is 13.0 Å². The fraction of sp³-hybridized carbons (Fsp3) is 0.545. The van der Waals surface area contributed by atoms with Crippen molar-refractivity contribution in [2.45, 2.75) is 76.1 Å². The molecule has 0 N–H and O–H groups in total. The zero-order valence-corrected chi connectivity index (χ0v) is 18.2. The number of allylic oxidation sites excluding steroid dienone is 4. The molecule has 0 heterocycles. The number of rotatable bonds is 4. The van der Waals surface area contributed by atoms with Gasteiger partial charge >= 0.3 is 6.18 Å². The highest BCUT2D eigenvalue weighted by Crippen LogP contribution is 2.34. The Morgan fingerprint density at radius 2 is 1.52 bits per heavy atom. The molecule has 1 aromatic rings. The van der Waals surface area contributed by atoms with E-state index in [1.54, 1.807) is 6.08 Å². The largest absolute Gasteiger partial charge is 0.416 e. The molecule has 0 aliphatic heterocycles. The standard InChI is InChI=1S/C15H19F3O2S.C7H11F/c1-2-11-3-7-13(8-4-11)21(19,20)14-9-5-12(6-10-14)15(16,17)18;1-6(2)4-5-7(3)8/h5-6,9-11,13H,2-4,7-8H2,1H3;4-5H,1-3H3/b;7-5+. The molecule has 1 saturated carbocycles. The average molecular weight is 435 g/mol. The van der Waals surface area contributed by atoms with Gasteiger partial charge in [0.15, 0.2) is 9.84 Å². The summed E-state index contributed by atoms with van der Waals surface area (Å²) in [4.78, 5) is -0.00421. The van der Waals surface area contributed by atoms with Crippen LogP contribution in [0, 0.1) is 5.92 Å². The molecule has 1 fully saturated rings. The summed E-state index contributed by atoms with van der Waals surface area (Å²) < 4.78 is 74.3. The van der Waals surface area contributed by atoms with E-state index in [9.17, 15) is 26.0 Å². The van der Waals surface area contributed by atoms with Crippen molar-refractivity contribution in [2.75, 3.05) is 0 Å². The van der Waals surface area contributed by atoms with Crippen molar-refractivity contribution in [3.63, 3.8) is 0 Å². The minimum absolute atomic E-state index is 0.00421. The molecule has 0 atom stereocenters.